The quantitative estimate of drug-likeness (QED) is 0.221. The number of hydrogen-bond donors (Lipinski definition) is 2. The number of likely N-dealkylation sites (N-methyl/N-ethyl adjacent to an activating group) is 1. The number of rotatable bonds is 9. The predicted molar refractivity (Wildman–Crippen MR) is 178 cm³/mol. The molecule has 1 aliphatic heterocycles. The second-order valence-electron chi connectivity index (χ2n) is 12.1. The molecule has 0 spiro atoms. The van der Waals surface area contributed by atoms with E-state index in [2.05, 4.69) is 38.4 Å². The number of fused-ring (bicyclic) bond motifs is 1. The Morgan fingerprint density at radius 3 is 2.52 bits per heavy atom. The zero-order valence-electron chi connectivity index (χ0n) is 27.0. The lowest BCUT2D eigenvalue weighted by atomic mass is 10.1. The number of para-hydroxylation sites is 1. The molecule has 0 bridgehead atoms. The number of anilines is 4. The molecule has 0 saturated carbocycles. The highest BCUT2D eigenvalue weighted by molar-refractivity contribution is 5.97. The van der Waals surface area contributed by atoms with Gasteiger partial charge in [0.2, 0.25) is 5.95 Å². The third-order valence-electron chi connectivity index (χ3n) is 7.81. The summed E-state index contributed by atoms with van der Waals surface area (Å²) in [5.74, 6) is -0.0625. The van der Waals surface area contributed by atoms with Crippen molar-refractivity contribution in [3.63, 3.8) is 0 Å². The molecular formula is C34H40N8O4. The van der Waals surface area contributed by atoms with Gasteiger partial charge in [0.25, 0.3) is 0 Å². The largest absolute Gasteiger partial charge is 0.469 e. The lowest BCUT2D eigenvalue weighted by molar-refractivity contribution is -0.140. The number of aromatic nitrogens is 3. The van der Waals surface area contributed by atoms with Gasteiger partial charge in [-0.05, 0) is 51.6 Å². The number of nitrogens with zero attached hydrogens (tertiary/aromatic N) is 6. The predicted octanol–water partition coefficient (Wildman–Crippen LogP) is 5.77. The molecule has 1 amide bonds. The van der Waals surface area contributed by atoms with Crippen LogP contribution in [0.3, 0.4) is 0 Å². The maximum Gasteiger partial charge on any atom is 0.412 e. The fourth-order valence-electron chi connectivity index (χ4n) is 5.46. The summed E-state index contributed by atoms with van der Waals surface area (Å²) in [5.41, 5.74) is 3.77. The molecule has 240 valence electrons. The van der Waals surface area contributed by atoms with Crippen molar-refractivity contribution < 1.29 is 19.1 Å². The third kappa shape index (κ3) is 7.55. The van der Waals surface area contributed by atoms with E-state index in [1.54, 1.807) is 0 Å². The standard InChI is InChI=1S/C34H40N8O4/c1-6-40-15-17-41(18-16-40)24-11-12-27(28(19-24)38-33(44)46-34(2,3)4)37-32-36-21-23(20-35)31(39-32)26-22-42(14-13-30(43)45-5)29-10-8-7-9-25(26)29/h7-12,19,21-22H,6,13-18H2,1-5H3,(H,38,44)(H,36,37,39). The number of benzene rings is 2. The Kier molecular flexibility index (Phi) is 9.72. The van der Waals surface area contributed by atoms with E-state index in [1.165, 1.54) is 13.3 Å². The van der Waals surface area contributed by atoms with Crippen LogP contribution >= 0.6 is 0 Å². The van der Waals surface area contributed by atoms with Crippen LogP contribution in [0.25, 0.3) is 22.2 Å². The third-order valence-corrected chi connectivity index (χ3v) is 7.81. The molecular weight excluding hydrogens is 584 g/mol. The van der Waals surface area contributed by atoms with Crippen molar-refractivity contribution >= 4 is 46.0 Å². The van der Waals surface area contributed by atoms with Gasteiger partial charge in [-0.3, -0.25) is 10.1 Å². The maximum absolute atomic E-state index is 12.9. The van der Waals surface area contributed by atoms with Crippen molar-refractivity contribution in [2.75, 3.05) is 55.4 Å². The van der Waals surface area contributed by atoms with Gasteiger partial charge in [-0.2, -0.15) is 5.26 Å². The van der Waals surface area contributed by atoms with Crippen molar-refractivity contribution in [3.05, 3.63) is 60.4 Å². The highest BCUT2D eigenvalue weighted by atomic mass is 16.6. The molecule has 12 nitrogen and oxygen atoms in total. The van der Waals surface area contributed by atoms with Crippen LogP contribution in [0, 0.1) is 11.3 Å². The first-order valence-electron chi connectivity index (χ1n) is 15.4. The van der Waals surface area contributed by atoms with Gasteiger partial charge in [0.1, 0.15) is 11.7 Å². The number of piperazine rings is 1. The Hall–Kier alpha value is -5.15. The van der Waals surface area contributed by atoms with Crippen molar-refractivity contribution in [1.29, 1.82) is 5.26 Å². The Labute approximate surface area is 268 Å². The molecule has 12 heteroatoms. The summed E-state index contributed by atoms with van der Waals surface area (Å²) in [6.45, 7) is 12.7. The summed E-state index contributed by atoms with van der Waals surface area (Å²) in [6, 6.07) is 15.8. The number of hydrogen-bond acceptors (Lipinski definition) is 10. The van der Waals surface area contributed by atoms with E-state index in [1.807, 2.05) is 74.0 Å². The van der Waals surface area contributed by atoms with Crippen LogP contribution in [0.4, 0.5) is 27.8 Å². The van der Waals surface area contributed by atoms with Crippen LogP contribution in [-0.2, 0) is 20.8 Å². The summed E-state index contributed by atoms with van der Waals surface area (Å²) in [5, 5.41) is 17.0. The van der Waals surface area contributed by atoms with Crippen LogP contribution in [-0.4, -0.2) is 76.9 Å². The number of amides is 1. The Balaban J connectivity index is 1.49. The first-order valence-corrected chi connectivity index (χ1v) is 15.4. The van der Waals surface area contributed by atoms with Crippen molar-refractivity contribution in [2.45, 2.75) is 46.3 Å². The lowest BCUT2D eigenvalue weighted by Crippen LogP contribution is -2.46. The van der Waals surface area contributed by atoms with Crippen LogP contribution in [0.15, 0.2) is 54.9 Å². The van der Waals surface area contributed by atoms with Gasteiger partial charge >= 0.3 is 12.1 Å². The smallest absolute Gasteiger partial charge is 0.412 e. The minimum absolute atomic E-state index is 0.202. The Morgan fingerprint density at radius 2 is 1.83 bits per heavy atom. The van der Waals surface area contributed by atoms with Crippen molar-refractivity contribution in [3.8, 4) is 17.3 Å². The molecule has 2 aromatic heterocycles. The average Bonchev–Trinajstić information content (AvgIpc) is 3.42. The van der Waals surface area contributed by atoms with Crippen LogP contribution < -0.4 is 15.5 Å². The van der Waals surface area contributed by atoms with Crippen LogP contribution in [0.1, 0.15) is 39.7 Å². The number of nitriles is 1. The first-order chi connectivity index (χ1) is 22.1. The second kappa shape index (κ2) is 13.9. The van der Waals surface area contributed by atoms with Crippen LogP contribution in [0.5, 0.6) is 0 Å². The summed E-state index contributed by atoms with van der Waals surface area (Å²) >= 11 is 0. The Morgan fingerprint density at radius 1 is 1.07 bits per heavy atom. The molecule has 46 heavy (non-hydrogen) atoms. The van der Waals surface area contributed by atoms with Crippen molar-refractivity contribution in [1.82, 2.24) is 19.4 Å². The van der Waals surface area contributed by atoms with Gasteiger partial charge in [0, 0.05) is 61.1 Å². The van der Waals surface area contributed by atoms with Crippen molar-refractivity contribution in [2.24, 2.45) is 0 Å². The molecule has 0 aliphatic carbocycles. The van der Waals surface area contributed by atoms with E-state index in [-0.39, 0.29) is 18.3 Å². The highest BCUT2D eigenvalue weighted by Gasteiger charge is 2.22. The number of methoxy groups -OCH3 is 1. The van der Waals surface area contributed by atoms with E-state index in [0.717, 1.165) is 54.9 Å². The van der Waals surface area contributed by atoms with Gasteiger partial charge < -0.3 is 29.2 Å². The lowest BCUT2D eigenvalue weighted by Gasteiger charge is -2.35. The zero-order valence-corrected chi connectivity index (χ0v) is 27.0. The number of carbonyl (C=O) groups excluding carboxylic acids is 2. The summed E-state index contributed by atoms with van der Waals surface area (Å²) in [6.07, 6.45) is 3.00. The SMILES string of the molecule is CCN1CCN(c2ccc(Nc3ncc(C#N)c(-c4cn(CCC(=O)OC)c5ccccc45)n3)c(NC(=O)OC(C)(C)C)c2)CC1. The molecule has 1 saturated heterocycles. The Bertz CT molecular complexity index is 1760. The number of esters is 1. The molecule has 2 N–H and O–H groups in total. The number of carbonyl (C=O) groups is 2. The minimum atomic E-state index is -0.674. The topological polar surface area (TPSA) is 138 Å². The van der Waals surface area contributed by atoms with Gasteiger partial charge in [-0.1, -0.05) is 25.1 Å². The van der Waals surface area contributed by atoms with E-state index >= 15 is 0 Å². The van der Waals surface area contributed by atoms with E-state index < -0.39 is 11.7 Å². The van der Waals surface area contributed by atoms with E-state index in [4.69, 9.17) is 14.5 Å². The van der Waals surface area contributed by atoms with Gasteiger partial charge in [-0.15, -0.1) is 0 Å². The normalized spacial score (nSPS) is 13.7. The molecule has 1 fully saturated rings. The molecule has 2 aromatic carbocycles. The van der Waals surface area contributed by atoms with Gasteiger partial charge in [-0.25, -0.2) is 14.8 Å². The first kappa shape index (κ1) is 32.2. The number of ether oxygens (including phenoxy) is 2. The van der Waals surface area contributed by atoms with E-state index in [9.17, 15) is 14.9 Å². The molecule has 0 atom stereocenters. The minimum Gasteiger partial charge on any atom is -0.469 e. The maximum atomic E-state index is 12.9. The number of aryl methyl sites for hydroxylation is 1. The molecule has 1 aliphatic rings. The molecule has 3 heterocycles. The fourth-order valence-corrected chi connectivity index (χ4v) is 5.46. The van der Waals surface area contributed by atoms with E-state index in [0.29, 0.717) is 29.2 Å². The summed E-state index contributed by atoms with van der Waals surface area (Å²) in [7, 11) is 1.37. The summed E-state index contributed by atoms with van der Waals surface area (Å²) < 4.78 is 12.3. The van der Waals surface area contributed by atoms with Gasteiger partial charge in [0.05, 0.1) is 42.4 Å². The number of nitrogens with one attached hydrogen (secondary N) is 2. The van der Waals surface area contributed by atoms with Gasteiger partial charge in [0.15, 0.2) is 0 Å². The highest BCUT2D eigenvalue weighted by Crippen LogP contribution is 2.34. The second-order valence-corrected chi connectivity index (χ2v) is 12.1. The average molecular weight is 625 g/mol. The monoisotopic (exact) mass is 624 g/mol. The van der Waals surface area contributed by atoms with Crippen LogP contribution in [0.2, 0.25) is 0 Å². The molecule has 0 radical (unpaired) electrons. The molecule has 0 unspecified atom stereocenters. The summed E-state index contributed by atoms with van der Waals surface area (Å²) in [4.78, 5) is 38.7. The fraction of sp³-hybridized carbons (Fsp3) is 0.382. The molecule has 5 rings (SSSR count). The molecule has 4 aromatic rings. The zero-order chi connectivity index (χ0) is 32.8.